The van der Waals surface area contributed by atoms with Crippen molar-refractivity contribution in [2.75, 3.05) is 10.0 Å². The molecule has 2 fully saturated rings. The number of amides is 1. The highest BCUT2D eigenvalue weighted by molar-refractivity contribution is 7.92. The zero-order valence-electron chi connectivity index (χ0n) is 22.5. The summed E-state index contributed by atoms with van der Waals surface area (Å²) in [5, 5.41) is 14.4. The Morgan fingerprint density at radius 3 is 2.60 bits per heavy atom. The van der Waals surface area contributed by atoms with Crippen LogP contribution in [0, 0.1) is 23.6 Å². The van der Waals surface area contributed by atoms with Gasteiger partial charge in [0.2, 0.25) is 0 Å². The molecule has 2 aliphatic carbocycles. The minimum absolute atomic E-state index is 0.0160. The van der Waals surface area contributed by atoms with Gasteiger partial charge in [0.1, 0.15) is 26.9 Å². The van der Waals surface area contributed by atoms with Crippen LogP contribution in [0.3, 0.4) is 0 Å². The zero-order chi connectivity index (χ0) is 30.1. The molecule has 2 bridgehead atoms. The molecule has 3 aromatic rings. The van der Waals surface area contributed by atoms with Crippen LogP contribution in [-0.4, -0.2) is 49.6 Å². The van der Waals surface area contributed by atoms with Gasteiger partial charge in [0, 0.05) is 30.9 Å². The maximum Gasteiger partial charge on any atom is 0.286 e. The Hall–Kier alpha value is -4.30. The van der Waals surface area contributed by atoms with E-state index in [-0.39, 0.29) is 68.7 Å². The van der Waals surface area contributed by atoms with Crippen molar-refractivity contribution in [2.45, 2.75) is 41.6 Å². The van der Waals surface area contributed by atoms with Crippen molar-refractivity contribution in [3.63, 3.8) is 0 Å². The molecule has 0 radical (unpaired) electrons. The average molecular weight is 624 g/mol. The number of nitrogens with one attached hydrogen (secondary N) is 2. The molecule has 4 atom stereocenters. The van der Waals surface area contributed by atoms with Crippen LogP contribution >= 0.6 is 0 Å². The van der Waals surface area contributed by atoms with Crippen molar-refractivity contribution in [1.82, 2.24) is 9.88 Å². The second-order valence-electron chi connectivity index (χ2n) is 11.2. The topological polar surface area (TPSA) is 158 Å². The smallest absolute Gasteiger partial charge is 0.286 e. The van der Waals surface area contributed by atoms with E-state index in [1.54, 1.807) is 17.0 Å². The normalized spacial score (nSPS) is 25.6. The number of sulfonamides is 2. The summed E-state index contributed by atoms with van der Waals surface area (Å²) in [6.07, 6.45) is 5.25. The summed E-state index contributed by atoms with van der Waals surface area (Å²) in [4.78, 5) is 19.1. The summed E-state index contributed by atoms with van der Waals surface area (Å²) in [7, 11) is -8.46. The first-order chi connectivity index (χ1) is 20.5. The molecule has 222 valence electrons. The molecular formula is C29H26FN5O6S2. The Kier molecular flexibility index (Phi) is 6.32. The van der Waals surface area contributed by atoms with Gasteiger partial charge in [0.25, 0.3) is 26.0 Å². The number of aromatic nitrogens is 1. The monoisotopic (exact) mass is 623 g/mol. The van der Waals surface area contributed by atoms with Gasteiger partial charge in [-0.3, -0.25) is 14.5 Å². The number of carbonyl (C=O) groups is 1. The molecule has 2 aliphatic heterocycles. The van der Waals surface area contributed by atoms with Gasteiger partial charge in [-0.1, -0.05) is 12.1 Å². The number of anilines is 2. The van der Waals surface area contributed by atoms with E-state index in [1.807, 2.05) is 0 Å². The molecule has 0 saturated heterocycles. The van der Waals surface area contributed by atoms with Crippen LogP contribution in [0.15, 0.2) is 92.5 Å². The number of aliphatic hydroxyl groups excluding tert-OH is 1. The molecule has 2 aromatic carbocycles. The number of pyridine rings is 1. The Morgan fingerprint density at radius 1 is 1.09 bits per heavy atom. The number of amidine groups is 1. The van der Waals surface area contributed by atoms with E-state index in [2.05, 4.69) is 19.4 Å². The number of fused-ring (bicyclic) bond motifs is 6. The lowest BCUT2D eigenvalue weighted by Gasteiger charge is -2.44. The number of benzene rings is 2. The highest BCUT2D eigenvalue weighted by atomic mass is 32.2. The van der Waals surface area contributed by atoms with E-state index in [1.165, 1.54) is 42.6 Å². The van der Waals surface area contributed by atoms with E-state index < -0.39 is 31.8 Å². The van der Waals surface area contributed by atoms with Crippen molar-refractivity contribution in [3.8, 4) is 0 Å². The fourth-order valence-electron chi connectivity index (χ4n) is 6.89. The van der Waals surface area contributed by atoms with Crippen LogP contribution in [-0.2, 0) is 31.4 Å². The lowest BCUT2D eigenvalue weighted by molar-refractivity contribution is -0.134. The number of hydrogen-bond acceptors (Lipinski definition) is 8. The first-order valence-electron chi connectivity index (χ1n) is 13.7. The summed E-state index contributed by atoms with van der Waals surface area (Å²) >= 11 is 0. The third-order valence-corrected chi connectivity index (χ3v) is 11.4. The first-order valence-corrected chi connectivity index (χ1v) is 16.6. The SMILES string of the molecule is O=C1C(C2=NS(=O)(=O)c3cc(NS(=O)(=O)c4cccnc4)ccc3N2)=C(O)C2C([C@H]3CC[C@@H]2C3)N1Cc1ccc(F)cc1. The summed E-state index contributed by atoms with van der Waals surface area (Å²) in [5.74, 6) is -1.49. The van der Waals surface area contributed by atoms with Gasteiger partial charge in [-0.25, -0.2) is 12.8 Å². The lowest BCUT2D eigenvalue weighted by Crippen LogP contribution is -2.53. The van der Waals surface area contributed by atoms with E-state index >= 15 is 0 Å². The van der Waals surface area contributed by atoms with Crippen molar-refractivity contribution < 1.29 is 31.1 Å². The van der Waals surface area contributed by atoms with Crippen molar-refractivity contribution in [1.29, 1.82) is 0 Å². The molecule has 1 aromatic heterocycles. The molecule has 7 rings (SSSR count). The maximum atomic E-state index is 14.0. The van der Waals surface area contributed by atoms with Crippen molar-refractivity contribution in [3.05, 3.63) is 89.7 Å². The van der Waals surface area contributed by atoms with Gasteiger partial charge < -0.3 is 15.3 Å². The van der Waals surface area contributed by atoms with E-state index in [0.717, 1.165) is 31.5 Å². The highest BCUT2D eigenvalue weighted by Crippen LogP contribution is 2.55. The molecule has 43 heavy (non-hydrogen) atoms. The lowest BCUT2D eigenvalue weighted by atomic mass is 9.77. The minimum atomic E-state index is -4.42. The van der Waals surface area contributed by atoms with Gasteiger partial charge in [0.15, 0.2) is 5.84 Å². The number of nitrogens with zero attached hydrogens (tertiary/aromatic N) is 3. The van der Waals surface area contributed by atoms with E-state index in [0.29, 0.717) is 5.56 Å². The molecule has 2 saturated carbocycles. The summed E-state index contributed by atoms with van der Waals surface area (Å²) in [6.45, 7) is 0.164. The van der Waals surface area contributed by atoms with Crippen molar-refractivity contribution >= 4 is 43.2 Å². The van der Waals surface area contributed by atoms with Crippen LogP contribution < -0.4 is 10.0 Å². The fraction of sp³-hybridized carbons (Fsp3) is 0.276. The maximum absolute atomic E-state index is 14.0. The Bertz CT molecular complexity index is 1930. The minimum Gasteiger partial charge on any atom is -0.511 e. The standard InChI is InChI=1S/C29H26FN5O6S2/c30-19-7-3-16(4-8-19)15-35-26-18-6-5-17(12-18)24(26)27(36)25(29(35)37)28-32-22-10-9-20(13-23(22)43(40,41)34-28)33-42(38,39)21-2-1-11-31-14-21/h1-4,7-11,13-14,17-18,24,26,33,36H,5-6,12,15H2,(H,32,34)/t17-,18+,24?,26?/m1/s1. The molecule has 1 amide bonds. The zero-order valence-corrected chi connectivity index (χ0v) is 24.1. The fourth-order valence-corrected chi connectivity index (χ4v) is 9.05. The quantitative estimate of drug-likeness (QED) is 0.374. The van der Waals surface area contributed by atoms with Crippen LogP contribution in [0.5, 0.6) is 0 Å². The van der Waals surface area contributed by atoms with Gasteiger partial charge in [0.05, 0.1) is 11.4 Å². The molecule has 3 heterocycles. The van der Waals surface area contributed by atoms with Gasteiger partial charge in [-0.15, -0.1) is 4.40 Å². The molecule has 11 nitrogen and oxygen atoms in total. The number of aliphatic hydroxyl groups is 1. The molecule has 14 heteroatoms. The van der Waals surface area contributed by atoms with E-state index in [4.69, 9.17) is 0 Å². The van der Waals surface area contributed by atoms with Gasteiger partial charge in [-0.2, -0.15) is 8.42 Å². The molecule has 4 aliphatic rings. The van der Waals surface area contributed by atoms with E-state index in [9.17, 15) is 31.1 Å². The largest absolute Gasteiger partial charge is 0.511 e. The second kappa shape index (κ2) is 9.88. The average Bonchev–Trinajstić information content (AvgIpc) is 3.60. The number of rotatable bonds is 6. The van der Waals surface area contributed by atoms with Crippen LogP contribution in [0.1, 0.15) is 24.8 Å². The number of hydrogen-bond donors (Lipinski definition) is 3. The second-order valence-corrected chi connectivity index (χ2v) is 14.5. The van der Waals surface area contributed by atoms with Crippen molar-refractivity contribution in [2.24, 2.45) is 22.2 Å². The molecule has 3 N–H and O–H groups in total. The Labute approximate surface area is 247 Å². The predicted octanol–water partition coefficient (Wildman–Crippen LogP) is 3.80. The molecule has 2 unspecified atom stereocenters. The number of halogens is 1. The van der Waals surface area contributed by atoms with Gasteiger partial charge >= 0.3 is 0 Å². The van der Waals surface area contributed by atoms with Crippen LogP contribution in [0.25, 0.3) is 0 Å². The summed E-state index contributed by atoms with van der Waals surface area (Å²) in [6, 6.07) is 12.3. The first kappa shape index (κ1) is 27.5. The van der Waals surface area contributed by atoms with Crippen LogP contribution in [0.4, 0.5) is 15.8 Å². The Balaban J connectivity index is 1.24. The van der Waals surface area contributed by atoms with Gasteiger partial charge in [-0.05, 0) is 79.1 Å². The molecular weight excluding hydrogens is 597 g/mol. The molecule has 0 spiro atoms. The predicted molar refractivity (Wildman–Crippen MR) is 154 cm³/mol. The van der Waals surface area contributed by atoms with Crippen LogP contribution in [0.2, 0.25) is 0 Å². The third kappa shape index (κ3) is 4.65. The third-order valence-electron chi connectivity index (χ3n) is 8.70. The highest BCUT2D eigenvalue weighted by Gasteiger charge is 2.57. The summed E-state index contributed by atoms with van der Waals surface area (Å²) in [5.41, 5.74) is 0.543. The number of carbonyl (C=O) groups excluding carboxylic acids is 1. The summed E-state index contributed by atoms with van der Waals surface area (Å²) < 4.78 is 72.1. The Morgan fingerprint density at radius 2 is 1.86 bits per heavy atom.